The third-order valence-electron chi connectivity index (χ3n) is 1.27. The number of aryl methyl sites for hydroxylation is 1. The molecule has 7 heteroatoms. The Bertz CT molecular complexity index is 313. The second-order valence-electron chi connectivity index (χ2n) is 2.13. The first-order valence-electron chi connectivity index (χ1n) is 3.39. The van der Waals surface area contributed by atoms with Crippen molar-refractivity contribution in [1.82, 2.24) is 0 Å². The number of diazo groups is 1. The first kappa shape index (κ1) is 16.8. The number of hydrogen-bond acceptors (Lipinski definition) is 1. The van der Waals surface area contributed by atoms with Crippen molar-refractivity contribution >= 4 is 36.7 Å². The van der Waals surface area contributed by atoms with Gasteiger partial charge in [-0.3, -0.25) is 0 Å². The molecule has 14 heavy (non-hydrogen) atoms. The van der Waals surface area contributed by atoms with Crippen LogP contribution in [0.2, 0.25) is 5.02 Å². The van der Waals surface area contributed by atoms with Crippen molar-refractivity contribution in [2.24, 2.45) is 0 Å². The van der Waals surface area contributed by atoms with Gasteiger partial charge in [-0.25, -0.2) is 0 Å². The van der Waals surface area contributed by atoms with Gasteiger partial charge < -0.3 is 12.4 Å². The Kier molecular flexibility index (Phi) is 12.0. The molecule has 74 valence electrons. The average molecular weight is 325 g/mol. The van der Waals surface area contributed by atoms with Crippen LogP contribution in [-0.4, -0.2) is 0 Å². The average Bonchev–Trinajstić information content (AvgIpc) is 2.06. The summed E-state index contributed by atoms with van der Waals surface area (Å²) in [5, 5.41) is 9.05. The summed E-state index contributed by atoms with van der Waals surface area (Å²) < 4.78 is 0. The van der Waals surface area contributed by atoms with Gasteiger partial charge in [0.15, 0.2) is 4.98 Å². The summed E-state index contributed by atoms with van der Waals surface area (Å²) in [6.07, 6.45) is 0. The van der Waals surface area contributed by atoms with Crippen LogP contribution >= 0.6 is 31.0 Å². The van der Waals surface area contributed by atoms with Gasteiger partial charge in [-0.1, -0.05) is 11.6 Å². The maximum absolute atomic E-state index is 8.39. The fourth-order valence-electron chi connectivity index (χ4n) is 0.731. The Morgan fingerprint density at radius 1 is 1.36 bits per heavy atom. The van der Waals surface area contributed by atoms with E-state index in [9.17, 15) is 0 Å². The molecule has 1 rings (SSSR count). The van der Waals surface area contributed by atoms with E-state index in [-0.39, 0.29) is 12.4 Å². The molecule has 0 aliphatic heterocycles. The van der Waals surface area contributed by atoms with E-state index < -0.39 is 15.1 Å². The predicted molar refractivity (Wildman–Crippen MR) is 52.6 cm³/mol. The molecule has 0 N–H and O–H groups in total. The summed E-state index contributed by atoms with van der Waals surface area (Å²) in [5.41, 5.74) is 1.43. The monoisotopic (exact) mass is 322 g/mol. The molecule has 0 unspecified atom stereocenters. The molecule has 2 nitrogen and oxygen atoms in total. The van der Waals surface area contributed by atoms with Crippen molar-refractivity contribution in [2.75, 3.05) is 0 Å². The zero-order valence-corrected chi connectivity index (χ0v) is 13.3. The summed E-state index contributed by atoms with van der Waals surface area (Å²) in [7, 11) is 9.90. The molecule has 0 atom stereocenters. The Morgan fingerprint density at radius 3 is 2.21 bits per heavy atom. The van der Waals surface area contributed by atoms with E-state index in [0.29, 0.717) is 10.7 Å². The first-order valence-corrected chi connectivity index (χ1v) is 11.6. The fraction of sp³-hybridized carbons (Fsp3) is 0.143. The number of nitrogens with zero attached hydrogens (tertiary/aromatic N) is 2. The van der Waals surface area contributed by atoms with Gasteiger partial charge in [0.1, 0.15) is 0 Å². The molecule has 0 saturated heterocycles. The van der Waals surface area contributed by atoms with E-state index in [4.69, 9.17) is 36.4 Å². The van der Waals surface area contributed by atoms with Gasteiger partial charge in [0.05, 0.1) is 0 Å². The fourth-order valence-corrected chi connectivity index (χ4v) is 0.958. The van der Waals surface area contributed by atoms with Gasteiger partial charge in [-0.15, -0.1) is 0 Å². The Balaban J connectivity index is 0. The Hall–Kier alpha value is 0.423. The number of rotatable bonds is 0. The normalized spacial score (nSPS) is 7.07. The van der Waals surface area contributed by atoms with E-state index >= 15 is 0 Å². The Labute approximate surface area is 110 Å². The molecule has 0 radical (unpaired) electrons. The summed E-state index contributed by atoms with van der Waals surface area (Å²) in [5.74, 6) is 0. The minimum atomic E-state index is -0.931. The Morgan fingerprint density at radius 2 is 1.86 bits per heavy atom. The molecule has 0 aromatic heterocycles. The van der Waals surface area contributed by atoms with E-state index in [2.05, 4.69) is 4.98 Å². The van der Waals surface area contributed by atoms with Gasteiger partial charge in [-0.05, 0) is 19.1 Å². The van der Waals surface area contributed by atoms with Gasteiger partial charge in [-0.2, -0.15) is 0 Å². The van der Waals surface area contributed by atoms with Gasteiger partial charge in [0.25, 0.3) is 0 Å². The molecule has 0 bridgehead atoms. The molecule has 1 aromatic rings. The van der Waals surface area contributed by atoms with Crippen LogP contribution in [0.3, 0.4) is 0 Å². The summed E-state index contributed by atoms with van der Waals surface area (Å²) >= 11 is 4.72. The maximum atomic E-state index is 8.39. The zero-order chi connectivity index (χ0) is 10.3. The second kappa shape index (κ2) is 9.96. The molecule has 0 aliphatic carbocycles. The second-order valence-corrected chi connectivity index (χ2v) is 7.19. The molecule has 0 heterocycles. The van der Waals surface area contributed by atoms with Crippen LogP contribution in [0.1, 0.15) is 5.56 Å². The van der Waals surface area contributed by atoms with Crippen molar-refractivity contribution in [1.29, 1.82) is 5.39 Å². The van der Waals surface area contributed by atoms with Crippen molar-refractivity contribution in [3.8, 4) is 0 Å². The quantitative estimate of drug-likeness (QED) is 0.525. The van der Waals surface area contributed by atoms with Gasteiger partial charge >= 0.3 is 40.2 Å². The molecular formula is C7H6Cl4N2Zn. The van der Waals surface area contributed by atoms with E-state index in [1.54, 1.807) is 18.2 Å². The molecule has 0 spiro atoms. The first-order chi connectivity index (χ1) is 6.15. The van der Waals surface area contributed by atoms with Crippen LogP contribution in [0.4, 0.5) is 5.69 Å². The SMILES string of the molecule is Cc1cc(Cl)ccc1[N+]#N.[Cl-].[Cl][Zn][Cl]. The van der Waals surface area contributed by atoms with Crippen LogP contribution < -0.4 is 12.4 Å². The number of halogens is 4. The third-order valence-corrected chi connectivity index (χ3v) is 1.50. The topological polar surface area (TPSA) is 28.1 Å². The van der Waals surface area contributed by atoms with Crippen LogP contribution in [0.5, 0.6) is 0 Å². The van der Waals surface area contributed by atoms with E-state index in [0.717, 1.165) is 5.56 Å². The minimum absolute atomic E-state index is 0. The number of hydrogen-bond donors (Lipinski definition) is 0. The zero-order valence-electron chi connectivity index (χ0n) is 7.35. The molecular weight excluding hydrogens is 319 g/mol. The standard InChI is InChI=1S/C7H6ClN2.3ClH.Zn/c1-5-4-6(8)2-3-7(5)10-9;;;;/h2-4H,1H3;3*1H;/q+1;;;;+2/p-3. The summed E-state index contributed by atoms with van der Waals surface area (Å²) in [4.78, 5) is 3.05. The summed E-state index contributed by atoms with van der Waals surface area (Å²) in [6.45, 7) is 1.83. The van der Waals surface area contributed by atoms with Gasteiger partial charge in [0.2, 0.25) is 5.39 Å². The molecule has 0 fully saturated rings. The molecule has 0 amide bonds. The van der Waals surface area contributed by atoms with Crippen molar-refractivity contribution < 1.29 is 27.6 Å². The van der Waals surface area contributed by atoms with Crippen molar-refractivity contribution in [3.63, 3.8) is 0 Å². The van der Waals surface area contributed by atoms with Crippen LogP contribution in [0.15, 0.2) is 18.2 Å². The van der Waals surface area contributed by atoms with Crippen LogP contribution in [-0.2, 0) is 15.1 Å². The summed E-state index contributed by atoms with van der Waals surface area (Å²) in [6, 6.07) is 5.10. The predicted octanol–water partition coefficient (Wildman–Crippen LogP) is 1.51. The number of benzene rings is 1. The van der Waals surface area contributed by atoms with Crippen molar-refractivity contribution in [2.45, 2.75) is 6.92 Å². The molecule has 1 aromatic carbocycles. The van der Waals surface area contributed by atoms with Crippen LogP contribution in [0.25, 0.3) is 4.98 Å². The molecule has 0 saturated carbocycles. The molecule has 0 aliphatic rings. The van der Waals surface area contributed by atoms with Crippen molar-refractivity contribution in [3.05, 3.63) is 33.8 Å². The van der Waals surface area contributed by atoms with Crippen LogP contribution in [0, 0.1) is 12.3 Å². The van der Waals surface area contributed by atoms with E-state index in [1.165, 1.54) is 0 Å². The van der Waals surface area contributed by atoms with E-state index in [1.807, 2.05) is 6.92 Å². The third kappa shape index (κ3) is 6.82. The van der Waals surface area contributed by atoms with Gasteiger partial charge in [0, 0.05) is 16.7 Å².